The average molecular weight is 345 g/mol. The van der Waals surface area contributed by atoms with E-state index in [9.17, 15) is 19.5 Å². The minimum absolute atomic E-state index is 0.0330. The Kier molecular flexibility index (Phi) is 4.52. The molecule has 0 amide bonds. The van der Waals surface area contributed by atoms with Gasteiger partial charge in [0.2, 0.25) is 0 Å². The second kappa shape index (κ2) is 6.75. The standard InChI is InChI=1S/C15H14N4O4S/c20-10(21)6-7-24-15-16-11-12(14(23)18-17-13(11)22)19(15)8-9-4-2-1-3-5-9/h1-5H,6-8H2,(H,17,22)(H,18,23)(H,20,21)/p-1. The Bertz CT molecular complexity index is 990. The van der Waals surface area contributed by atoms with Crippen LogP contribution in [0.3, 0.4) is 0 Å². The normalized spacial score (nSPS) is 11.0. The molecule has 2 heterocycles. The molecule has 0 unspecified atom stereocenters. The first kappa shape index (κ1) is 16.1. The number of aliphatic carboxylic acids is 1. The lowest BCUT2D eigenvalue weighted by molar-refractivity contribution is -0.305. The summed E-state index contributed by atoms with van der Waals surface area (Å²) in [6, 6.07) is 9.40. The first-order valence-electron chi connectivity index (χ1n) is 7.14. The van der Waals surface area contributed by atoms with Crippen LogP contribution < -0.4 is 16.2 Å². The maximum Gasteiger partial charge on any atom is 0.290 e. The van der Waals surface area contributed by atoms with Gasteiger partial charge in [0, 0.05) is 11.7 Å². The number of thioether (sulfide) groups is 1. The van der Waals surface area contributed by atoms with Crippen molar-refractivity contribution < 1.29 is 9.90 Å². The van der Waals surface area contributed by atoms with Crippen molar-refractivity contribution in [2.75, 3.05) is 5.75 Å². The molecule has 0 fully saturated rings. The minimum Gasteiger partial charge on any atom is -0.550 e. The monoisotopic (exact) mass is 345 g/mol. The largest absolute Gasteiger partial charge is 0.550 e. The zero-order valence-corrected chi connectivity index (χ0v) is 13.3. The number of rotatable bonds is 6. The lowest BCUT2D eigenvalue weighted by Gasteiger charge is -2.08. The lowest BCUT2D eigenvalue weighted by Crippen LogP contribution is -2.22. The Morgan fingerprint density at radius 3 is 2.58 bits per heavy atom. The van der Waals surface area contributed by atoms with Gasteiger partial charge in [0.05, 0.1) is 6.54 Å². The second-order valence-corrected chi connectivity index (χ2v) is 6.10. The van der Waals surface area contributed by atoms with Crippen molar-refractivity contribution in [1.82, 2.24) is 19.7 Å². The van der Waals surface area contributed by atoms with E-state index < -0.39 is 17.1 Å². The molecule has 0 aliphatic carbocycles. The number of carboxylic acids is 1. The molecule has 1 aromatic carbocycles. The van der Waals surface area contributed by atoms with E-state index in [0.29, 0.717) is 11.7 Å². The number of carbonyl (C=O) groups excluding carboxylic acids is 1. The van der Waals surface area contributed by atoms with Crippen LogP contribution in [0.1, 0.15) is 12.0 Å². The van der Waals surface area contributed by atoms with Gasteiger partial charge in [0.25, 0.3) is 11.1 Å². The van der Waals surface area contributed by atoms with E-state index in [-0.39, 0.29) is 23.2 Å². The summed E-state index contributed by atoms with van der Waals surface area (Å²) in [6.45, 7) is 0.345. The molecule has 0 bridgehead atoms. The quantitative estimate of drug-likeness (QED) is 0.591. The molecule has 8 nitrogen and oxygen atoms in total. The van der Waals surface area contributed by atoms with Crippen molar-refractivity contribution in [3.8, 4) is 0 Å². The summed E-state index contributed by atoms with van der Waals surface area (Å²) >= 11 is 1.16. The predicted molar refractivity (Wildman–Crippen MR) is 86.9 cm³/mol. The molecule has 3 aromatic rings. The minimum atomic E-state index is -1.16. The smallest absolute Gasteiger partial charge is 0.290 e. The van der Waals surface area contributed by atoms with Crippen molar-refractivity contribution in [2.45, 2.75) is 18.1 Å². The maximum absolute atomic E-state index is 12.1. The van der Waals surface area contributed by atoms with Gasteiger partial charge in [0.15, 0.2) is 10.7 Å². The van der Waals surface area contributed by atoms with Crippen molar-refractivity contribution in [3.63, 3.8) is 0 Å². The molecular weight excluding hydrogens is 332 g/mol. The molecule has 0 saturated heterocycles. The summed E-state index contributed by atoms with van der Waals surface area (Å²) < 4.78 is 1.62. The summed E-state index contributed by atoms with van der Waals surface area (Å²) in [5, 5.41) is 15.5. The number of hydrogen-bond donors (Lipinski definition) is 2. The van der Waals surface area contributed by atoms with Crippen LogP contribution in [0.15, 0.2) is 45.1 Å². The first-order valence-corrected chi connectivity index (χ1v) is 8.12. The van der Waals surface area contributed by atoms with Gasteiger partial charge in [-0.15, -0.1) is 0 Å². The number of aromatic amines is 2. The number of aromatic nitrogens is 4. The summed E-state index contributed by atoms with van der Waals surface area (Å²) in [5.74, 6) is -0.931. The van der Waals surface area contributed by atoms with Gasteiger partial charge in [-0.1, -0.05) is 42.1 Å². The van der Waals surface area contributed by atoms with Crippen LogP contribution in [0.5, 0.6) is 0 Å². The number of fused-ring (bicyclic) bond motifs is 1. The van der Waals surface area contributed by atoms with Crippen molar-refractivity contribution in [3.05, 3.63) is 56.6 Å². The number of carbonyl (C=O) groups is 1. The van der Waals surface area contributed by atoms with Gasteiger partial charge in [-0.3, -0.25) is 19.8 Å². The highest BCUT2D eigenvalue weighted by atomic mass is 32.2. The third-order valence-corrected chi connectivity index (χ3v) is 4.35. The second-order valence-electron chi connectivity index (χ2n) is 5.04. The summed E-state index contributed by atoms with van der Waals surface area (Å²) in [5.41, 5.74) is 0.167. The van der Waals surface area contributed by atoms with Crippen LogP contribution in [0, 0.1) is 0 Å². The number of nitrogens with one attached hydrogen (secondary N) is 2. The summed E-state index contributed by atoms with van der Waals surface area (Å²) in [4.78, 5) is 38.9. The van der Waals surface area contributed by atoms with Crippen LogP contribution in [0.2, 0.25) is 0 Å². The van der Waals surface area contributed by atoms with Gasteiger partial charge < -0.3 is 14.5 Å². The van der Waals surface area contributed by atoms with Crippen LogP contribution in [0.25, 0.3) is 11.0 Å². The Morgan fingerprint density at radius 2 is 1.88 bits per heavy atom. The van der Waals surface area contributed by atoms with E-state index in [0.717, 1.165) is 17.3 Å². The van der Waals surface area contributed by atoms with Crippen LogP contribution in [0.4, 0.5) is 0 Å². The molecule has 24 heavy (non-hydrogen) atoms. The molecule has 3 rings (SSSR count). The van der Waals surface area contributed by atoms with E-state index in [4.69, 9.17) is 0 Å². The van der Waals surface area contributed by atoms with Gasteiger partial charge in [-0.05, 0) is 12.0 Å². The number of H-pyrrole nitrogens is 2. The molecule has 0 aliphatic rings. The predicted octanol–water partition coefficient (Wildman–Crippen LogP) is -0.307. The van der Waals surface area contributed by atoms with E-state index in [1.54, 1.807) is 4.57 Å². The third kappa shape index (κ3) is 3.25. The van der Waals surface area contributed by atoms with Crippen LogP contribution >= 0.6 is 11.8 Å². The zero-order chi connectivity index (χ0) is 17.1. The molecule has 9 heteroatoms. The molecule has 124 valence electrons. The molecule has 2 N–H and O–H groups in total. The van der Waals surface area contributed by atoms with Gasteiger partial charge in [-0.25, -0.2) is 4.98 Å². The summed E-state index contributed by atoms with van der Waals surface area (Å²) in [7, 11) is 0. The SMILES string of the molecule is O=C([O-])CCSc1nc2c(=O)[nH][nH]c(=O)c2n1Cc1ccccc1. The number of carboxylic acid groups (broad SMARTS) is 1. The van der Waals surface area contributed by atoms with Gasteiger partial charge in [0.1, 0.15) is 5.52 Å². The molecule has 0 saturated carbocycles. The lowest BCUT2D eigenvalue weighted by atomic mass is 10.2. The first-order chi connectivity index (χ1) is 11.6. The fourth-order valence-corrected chi connectivity index (χ4v) is 3.22. The molecule has 2 aromatic heterocycles. The third-order valence-electron chi connectivity index (χ3n) is 3.37. The van der Waals surface area contributed by atoms with E-state index in [2.05, 4.69) is 15.2 Å². The van der Waals surface area contributed by atoms with Crippen LogP contribution in [-0.2, 0) is 11.3 Å². The average Bonchev–Trinajstić information content (AvgIpc) is 2.92. The molecular formula is C15H13N4O4S-. The van der Waals surface area contributed by atoms with E-state index >= 15 is 0 Å². The van der Waals surface area contributed by atoms with Crippen molar-refractivity contribution in [2.24, 2.45) is 0 Å². The molecule has 0 spiro atoms. The van der Waals surface area contributed by atoms with Crippen molar-refractivity contribution >= 4 is 28.8 Å². The zero-order valence-electron chi connectivity index (χ0n) is 12.4. The molecule has 0 radical (unpaired) electrons. The number of hydrogen-bond acceptors (Lipinski definition) is 6. The topological polar surface area (TPSA) is 124 Å². The highest BCUT2D eigenvalue weighted by molar-refractivity contribution is 7.99. The van der Waals surface area contributed by atoms with Gasteiger partial charge in [-0.2, -0.15) is 0 Å². The maximum atomic E-state index is 12.1. The van der Waals surface area contributed by atoms with Crippen molar-refractivity contribution in [1.29, 1.82) is 0 Å². The Morgan fingerprint density at radius 1 is 1.17 bits per heavy atom. The highest BCUT2D eigenvalue weighted by Crippen LogP contribution is 2.22. The highest BCUT2D eigenvalue weighted by Gasteiger charge is 2.17. The van der Waals surface area contributed by atoms with Crippen LogP contribution in [-0.4, -0.2) is 31.5 Å². The Hall–Kier alpha value is -2.81. The number of benzene rings is 1. The number of nitrogens with zero attached hydrogens (tertiary/aromatic N) is 2. The summed E-state index contributed by atoms with van der Waals surface area (Å²) in [6.07, 6.45) is -0.147. The Labute approximate surface area is 139 Å². The fourth-order valence-electron chi connectivity index (χ4n) is 2.30. The van der Waals surface area contributed by atoms with Gasteiger partial charge >= 0.3 is 0 Å². The molecule has 0 atom stereocenters. The molecule has 0 aliphatic heterocycles. The Balaban J connectivity index is 2.08. The van der Waals surface area contributed by atoms with E-state index in [1.165, 1.54) is 0 Å². The van der Waals surface area contributed by atoms with E-state index in [1.807, 2.05) is 30.3 Å². The fraction of sp³-hybridized carbons (Fsp3) is 0.200. The number of imidazole rings is 1.